The third-order valence-corrected chi connectivity index (χ3v) is 2.19. The van der Waals surface area contributed by atoms with E-state index in [0.717, 1.165) is 0 Å². The Morgan fingerprint density at radius 3 is 2.07 bits per heavy atom. The molecule has 6 N–H and O–H groups in total. The summed E-state index contributed by atoms with van der Waals surface area (Å²) >= 11 is 0. The van der Waals surface area contributed by atoms with Crippen LogP contribution < -0.4 is 0 Å². The lowest BCUT2D eigenvalue weighted by Crippen LogP contribution is -2.61. The largest absolute Gasteiger partial charge is 0.394 e. The van der Waals surface area contributed by atoms with E-state index in [4.69, 9.17) is 20.4 Å². The summed E-state index contributed by atoms with van der Waals surface area (Å²) in [7, 11) is 0. The van der Waals surface area contributed by atoms with Gasteiger partial charge in [-0.2, -0.15) is 0 Å². The van der Waals surface area contributed by atoms with Crippen molar-refractivity contribution in [1.82, 2.24) is 0 Å². The quantitative estimate of drug-likeness (QED) is 0.275. The van der Waals surface area contributed by atoms with E-state index in [-0.39, 0.29) is 0 Å². The highest BCUT2D eigenvalue weighted by atomic mass is 16.6. The fraction of sp³-hybridized carbons (Fsp3) is 1.00. The maximum Gasteiger partial charge on any atom is 0.184 e. The molecule has 0 unspecified atom stereocenters. The zero-order valence-electron chi connectivity index (χ0n) is 7.26. The summed E-state index contributed by atoms with van der Waals surface area (Å²) in [6, 6.07) is 0. The number of aliphatic hydroxyl groups is 6. The van der Waals surface area contributed by atoms with Crippen LogP contribution in [0.3, 0.4) is 0 Å². The second-order valence-corrected chi connectivity index (χ2v) is 3.21. The Hall–Kier alpha value is -0.280. The molecule has 0 saturated carbocycles. The van der Waals surface area contributed by atoms with Gasteiger partial charge in [0.25, 0.3) is 0 Å². The van der Waals surface area contributed by atoms with Gasteiger partial charge in [-0.15, -0.1) is 0 Å². The normalized spacial score (nSPS) is 46.3. The molecule has 6 atom stereocenters. The first-order valence-corrected chi connectivity index (χ1v) is 4.15. The minimum Gasteiger partial charge on any atom is -0.394 e. The molecule has 0 aromatic carbocycles. The van der Waals surface area contributed by atoms with Crippen LogP contribution in [0.1, 0.15) is 0 Å². The first-order chi connectivity index (χ1) is 6.49. The minimum absolute atomic E-state index is 0.683. The van der Waals surface area contributed by atoms with Crippen LogP contribution in [0.2, 0.25) is 0 Å². The van der Waals surface area contributed by atoms with Gasteiger partial charge in [0.05, 0.1) is 6.61 Å². The Morgan fingerprint density at radius 1 is 1.00 bits per heavy atom. The van der Waals surface area contributed by atoms with Gasteiger partial charge in [0.2, 0.25) is 0 Å². The van der Waals surface area contributed by atoms with Crippen molar-refractivity contribution in [2.24, 2.45) is 0 Å². The number of aliphatic hydroxyl groups excluding tert-OH is 6. The maximum absolute atomic E-state index is 9.31. The minimum atomic E-state index is -1.69. The summed E-state index contributed by atoms with van der Waals surface area (Å²) in [5, 5.41) is 54.3. The van der Waals surface area contributed by atoms with Crippen molar-refractivity contribution in [3.63, 3.8) is 0 Å². The average molecular weight is 210 g/mol. The van der Waals surface area contributed by atoms with E-state index in [1.807, 2.05) is 0 Å². The lowest BCUT2D eigenvalue weighted by atomic mass is 9.96. The molecule has 0 spiro atoms. The number of rotatable bonds is 2. The van der Waals surface area contributed by atoms with Crippen LogP contribution in [-0.4, -0.2) is 74.1 Å². The zero-order chi connectivity index (χ0) is 10.9. The van der Waals surface area contributed by atoms with Crippen molar-refractivity contribution < 1.29 is 35.4 Å². The molecule has 0 bridgehead atoms. The topological polar surface area (TPSA) is 131 Å². The van der Waals surface area contributed by atoms with Crippen LogP contribution >= 0.6 is 0 Å². The molecule has 1 aliphatic heterocycles. The average Bonchev–Trinajstić information content (AvgIpc) is 2.19. The molecule has 0 aromatic heterocycles. The van der Waals surface area contributed by atoms with E-state index in [1.165, 1.54) is 0 Å². The molecule has 0 amide bonds. The van der Waals surface area contributed by atoms with Crippen molar-refractivity contribution in [2.75, 3.05) is 6.61 Å². The Labute approximate surface area is 79.8 Å². The first kappa shape index (κ1) is 11.8. The summed E-state index contributed by atoms with van der Waals surface area (Å²) in [5.74, 6) is 0. The van der Waals surface area contributed by atoms with Crippen LogP contribution in [0.4, 0.5) is 0 Å². The van der Waals surface area contributed by atoms with Crippen molar-refractivity contribution in [1.29, 1.82) is 0 Å². The van der Waals surface area contributed by atoms with Crippen LogP contribution in [0.15, 0.2) is 0 Å². The maximum atomic E-state index is 9.31. The molecule has 7 nitrogen and oxygen atoms in total. The number of hydrogen-bond donors (Lipinski definition) is 6. The van der Waals surface area contributed by atoms with Gasteiger partial charge < -0.3 is 35.4 Å². The second-order valence-electron chi connectivity index (χ2n) is 3.21. The predicted molar refractivity (Wildman–Crippen MR) is 42.0 cm³/mol. The number of ether oxygens (including phenoxy) is 1. The molecule has 0 radical (unpaired) electrons. The molecule has 0 aliphatic carbocycles. The highest BCUT2D eigenvalue weighted by molar-refractivity contribution is 4.91. The van der Waals surface area contributed by atoms with Crippen LogP contribution in [0.25, 0.3) is 0 Å². The molecule has 7 heteroatoms. The fourth-order valence-electron chi connectivity index (χ4n) is 1.31. The molecule has 1 aliphatic rings. The Bertz CT molecular complexity index is 187. The van der Waals surface area contributed by atoms with Crippen molar-refractivity contribution in [3.05, 3.63) is 0 Å². The molecule has 84 valence electrons. The zero-order valence-corrected chi connectivity index (χ0v) is 7.26. The molecule has 1 heterocycles. The van der Waals surface area contributed by atoms with E-state index in [2.05, 4.69) is 4.74 Å². The van der Waals surface area contributed by atoms with Gasteiger partial charge >= 0.3 is 0 Å². The summed E-state index contributed by atoms with van der Waals surface area (Å²) in [6.45, 7) is -0.683. The highest BCUT2D eigenvalue weighted by Crippen LogP contribution is 2.21. The van der Waals surface area contributed by atoms with Crippen molar-refractivity contribution in [3.8, 4) is 0 Å². The van der Waals surface area contributed by atoms with Gasteiger partial charge in [-0.1, -0.05) is 0 Å². The summed E-state index contributed by atoms with van der Waals surface area (Å²) in [4.78, 5) is 0. The second kappa shape index (κ2) is 4.49. The fourth-order valence-corrected chi connectivity index (χ4v) is 1.31. The SMILES string of the molecule is OC[C@@H](O)[C@@H]1O[C@H](O)[C@@H](O)[C@H](O)[C@H]1O. The smallest absolute Gasteiger partial charge is 0.184 e. The lowest BCUT2D eigenvalue weighted by Gasteiger charge is -2.39. The molecule has 0 aromatic rings. The summed E-state index contributed by atoms with van der Waals surface area (Å²) in [6.07, 6.45) is -9.26. The van der Waals surface area contributed by atoms with E-state index in [1.54, 1.807) is 0 Å². The van der Waals surface area contributed by atoms with Crippen molar-refractivity contribution >= 4 is 0 Å². The van der Waals surface area contributed by atoms with Crippen LogP contribution in [-0.2, 0) is 4.74 Å². The number of hydrogen-bond acceptors (Lipinski definition) is 7. The Balaban J connectivity index is 2.70. The molecule has 1 fully saturated rings. The van der Waals surface area contributed by atoms with Gasteiger partial charge in [0.15, 0.2) is 6.29 Å². The molecular formula is C7H14O7. The van der Waals surface area contributed by atoms with Gasteiger partial charge in [-0.25, -0.2) is 0 Å². The van der Waals surface area contributed by atoms with E-state index in [0.29, 0.717) is 0 Å². The van der Waals surface area contributed by atoms with E-state index < -0.39 is 43.4 Å². The van der Waals surface area contributed by atoms with Gasteiger partial charge in [0, 0.05) is 0 Å². The van der Waals surface area contributed by atoms with Gasteiger partial charge in [-0.3, -0.25) is 0 Å². The van der Waals surface area contributed by atoms with Crippen LogP contribution in [0.5, 0.6) is 0 Å². The highest BCUT2D eigenvalue weighted by Gasteiger charge is 2.45. The molecule has 1 rings (SSSR count). The van der Waals surface area contributed by atoms with E-state index in [9.17, 15) is 10.2 Å². The van der Waals surface area contributed by atoms with Gasteiger partial charge in [-0.05, 0) is 0 Å². The van der Waals surface area contributed by atoms with Crippen LogP contribution in [0, 0.1) is 0 Å². The monoisotopic (exact) mass is 210 g/mol. The molecule has 1 saturated heterocycles. The lowest BCUT2D eigenvalue weighted by molar-refractivity contribution is -0.298. The first-order valence-electron chi connectivity index (χ1n) is 4.15. The van der Waals surface area contributed by atoms with Crippen molar-refractivity contribution in [2.45, 2.75) is 36.8 Å². The summed E-state index contributed by atoms with van der Waals surface area (Å²) < 4.78 is 4.62. The van der Waals surface area contributed by atoms with E-state index >= 15 is 0 Å². The van der Waals surface area contributed by atoms with Gasteiger partial charge in [0.1, 0.15) is 30.5 Å². The standard InChI is InChI=1S/C7H14O7/c8-1-2(9)6-4(11)3(10)5(12)7(13)14-6/h2-13H,1H2/t2-,3-,4-,5+,6+,7+/m1/s1. The summed E-state index contributed by atoms with van der Waals surface area (Å²) in [5.41, 5.74) is 0. The molecule has 14 heavy (non-hydrogen) atoms. The predicted octanol–water partition coefficient (Wildman–Crippen LogP) is -3.86. The third kappa shape index (κ3) is 2.04. The molecular weight excluding hydrogens is 196 g/mol. The Morgan fingerprint density at radius 2 is 1.57 bits per heavy atom. The third-order valence-electron chi connectivity index (χ3n) is 2.19. The Kier molecular flexibility index (Phi) is 3.78.